The van der Waals surface area contributed by atoms with Crippen molar-refractivity contribution in [3.8, 4) is 16.9 Å². The van der Waals surface area contributed by atoms with E-state index in [-0.39, 0.29) is 30.8 Å². The van der Waals surface area contributed by atoms with Gasteiger partial charge in [-0.15, -0.1) is 0 Å². The molecule has 0 bridgehead atoms. The van der Waals surface area contributed by atoms with Gasteiger partial charge in [-0.2, -0.15) is 0 Å². The van der Waals surface area contributed by atoms with Gasteiger partial charge < -0.3 is 9.32 Å². The average Bonchev–Trinajstić information content (AvgIpc) is 3.49. The van der Waals surface area contributed by atoms with E-state index in [0.29, 0.717) is 11.7 Å². The van der Waals surface area contributed by atoms with Crippen molar-refractivity contribution in [2.45, 2.75) is 20.4 Å². The summed E-state index contributed by atoms with van der Waals surface area (Å²) in [7, 11) is 0. The van der Waals surface area contributed by atoms with Crippen LogP contribution in [0, 0.1) is 5.92 Å². The number of anilines is 1. The molecule has 0 radical (unpaired) electrons. The second kappa shape index (κ2) is 9.99. The number of para-hydroxylation sites is 1. The number of carbonyl (C=O) groups excluding carboxylic acids is 2. The second-order valence-electron chi connectivity index (χ2n) is 8.00. The van der Waals surface area contributed by atoms with E-state index in [2.05, 4.69) is 10.3 Å². The number of benzene rings is 2. The molecule has 1 N–H and O–H groups in total. The van der Waals surface area contributed by atoms with Crippen molar-refractivity contribution in [1.82, 2.24) is 14.5 Å². The number of amides is 2. The number of hydrogen-bond donors (Lipinski definition) is 1. The number of nitrogens with zero attached hydrogens (tertiary/aromatic N) is 3. The molecule has 4 rings (SSSR count). The highest BCUT2D eigenvalue weighted by molar-refractivity contribution is 5.94. The summed E-state index contributed by atoms with van der Waals surface area (Å²) in [6, 6.07) is 23.0. The van der Waals surface area contributed by atoms with E-state index in [0.717, 1.165) is 16.9 Å². The van der Waals surface area contributed by atoms with Crippen LogP contribution in [0.5, 0.6) is 0 Å². The lowest BCUT2D eigenvalue weighted by Gasteiger charge is -2.23. The number of furan rings is 1. The van der Waals surface area contributed by atoms with Crippen LogP contribution in [0.3, 0.4) is 0 Å². The molecular weight excluding hydrogens is 416 g/mol. The van der Waals surface area contributed by atoms with Crippen molar-refractivity contribution in [3.05, 3.63) is 91.0 Å². The number of carbonyl (C=O) groups is 2. The van der Waals surface area contributed by atoms with Crippen LogP contribution >= 0.6 is 0 Å². The molecule has 0 aliphatic heterocycles. The molecule has 0 saturated carbocycles. The smallest absolute Gasteiger partial charge is 0.246 e. The molecule has 168 valence electrons. The van der Waals surface area contributed by atoms with E-state index in [1.807, 2.05) is 85.3 Å². The van der Waals surface area contributed by atoms with Crippen molar-refractivity contribution < 1.29 is 14.0 Å². The number of imidazole rings is 1. The summed E-state index contributed by atoms with van der Waals surface area (Å²) in [5, 5.41) is 2.89. The summed E-state index contributed by atoms with van der Waals surface area (Å²) in [5.41, 5.74) is 2.55. The summed E-state index contributed by atoms with van der Waals surface area (Å²) < 4.78 is 7.22. The molecule has 0 atom stereocenters. The van der Waals surface area contributed by atoms with Crippen LogP contribution in [-0.4, -0.2) is 32.8 Å². The van der Waals surface area contributed by atoms with Crippen molar-refractivity contribution in [2.24, 2.45) is 5.92 Å². The Hall–Kier alpha value is -4.13. The van der Waals surface area contributed by atoms with Gasteiger partial charge in [0.1, 0.15) is 12.3 Å². The first kappa shape index (κ1) is 22.1. The molecule has 0 unspecified atom stereocenters. The molecule has 2 aromatic carbocycles. The van der Waals surface area contributed by atoms with Gasteiger partial charge in [-0.05, 0) is 24.3 Å². The molecule has 0 spiro atoms. The third kappa shape index (κ3) is 5.38. The number of hydrogen-bond acceptors (Lipinski definition) is 4. The SMILES string of the molecule is CC(C)C(=O)N(CC(=O)Nc1nc(-c2ccccc2)cn1-c1ccccc1)Cc1ccco1. The summed E-state index contributed by atoms with van der Waals surface area (Å²) in [4.78, 5) is 31.9. The molecular formula is C26H26N4O3. The highest BCUT2D eigenvalue weighted by Gasteiger charge is 2.22. The van der Waals surface area contributed by atoms with E-state index >= 15 is 0 Å². The Balaban J connectivity index is 1.59. The topological polar surface area (TPSA) is 80.4 Å². The van der Waals surface area contributed by atoms with Gasteiger partial charge in [0, 0.05) is 23.4 Å². The van der Waals surface area contributed by atoms with Crippen LogP contribution in [0.25, 0.3) is 16.9 Å². The van der Waals surface area contributed by atoms with Gasteiger partial charge in [-0.25, -0.2) is 4.98 Å². The van der Waals surface area contributed by atoms with Gasteiger partial charge in [0.25, 0.3) is 0 Å². The monoisotopic (exact) mass is 442 g/mol. The fourth-order valence-electron chi connectivity index (χ4n) is 3.51. The zero-order chi connectivity index (χ0) is 23.2. The van der Waals surface area contributed by atoms with Crippen molar-refractivity contribution in [2.75, 3.05) is 11.9 Å². The van der Waals surface area contributed by atoms with Crippen LogP contribution in [0.2, 0.25) is 0 Å². The fraction of sp³-hybridized carbons (Fsp3) is 0.192. The predicted octanol–water partition coefficient (Wildman–Crippen LogP) is 4.76. The minimum atomic E-state index is -0.335. The summed E-state index contributed by atoms with van der Waals surface area (Å²) in [5.74, 6) is 0.300. The Morgan fingerprint density at radius 3 is 2.33 bits per heavy atom. The molecule has 0 saturated heterocycles. The maximum atomic E-state index is 13.0. The largest absolute Gasteiger partial charge is 0.467 e. The molecule has 33 heavy (non-hydrogen) atoms. The first-order chi connectivity index (χ1) is 16.0. The van der Waals surface area contributed by atoms with E-state index in [1.165, 1.54) is 4.90 Å². The Morgan fingerprint density at radius 1 is 1.00 bits per heavy atom. The van der Waals surface area contributed by atoms with E-state index in [1.54, 1.807) is 18.4 Å². The fourth-order valence-corrected chi connectivity index (χ4v) is 3.51. The van der Waals surface area contributed by atoms with Gasteiger partial charge in [-0.3, -0.25) is 19.5 Å². The number of aromatic nitrogens is 2. The third-order valence-corrected chi connectivity index (χ3v) is 5.13. The van der Waals surface area contributed by atoms with Gasteiger partial charge >= 0.3 is 0 Å². The molecule has 7 nitrogen and oxygen atoms in total. The second-order valence-corrected chi connectivity index (χ2v) is 8.00. The standard InChI is InChI=1S/C26H26N4O3/c1-19(2)25(32)29(16-22-14-9-15-33-22)18-24(31)28-26-27-23(20-10-5-3-6-11-20)17-30(26)21-12-7-4-8-13-21/h3-15,17,19H,16,18H2,1-2H3,(H,27,28,31). The van der Waals surface area contributed by atoms with Gasteiger partial charge in [0.15, 0.2) is 0 Å². The highest BCUT2D eigenvalue weighted by Crippen LogP contribution is 2.24. The normalized spacial score (nSPS) is 10.9. The lowest BCUT2D eigenvalue weighted by molar-refractivity contribution is -0.138. The number of nitrogens with one attached hydrogen (secondary N) is 1. The minimum absolute atomic E-state index is 0.111. The molecule has 7 heteroatoms. The predicted molar refractivity (Wildman–Crippen MR) is 127 cm³/mol. The minimum Gasteiger partial charge on any atom is -0.467 e. The maximum absolute atomic E-state index is 13.0. The Kier molecular flexibility index (Phi) is 6.69. The molecule has 2 aromatic heterocycles. The average molecular weight is 443 g/mol. The Labute approximate surface area is 192 Å². The summed E-state index contributed by atoms with van der Waals surface area (Å²) in [6.07, 6.45) is 3.44. The Bertz CT molecular complexity index is 1200. The van der Waals surface area contributed by atoms with E-state index in [9.17, 15) is 9.59 Å². The molecule has 4 aromatic rings. The molecule has 2 heterocycles. The first-order valence-corrected chi connectivity index (χ1v) is 10.8. The van der Waals surface area contributed by atoms with Gasteiger partial charge in [0.2, 0.25) is 17.8 Å². The van der Waals surface area contributed by atoms with Gasteiger partial charge in [-0.1, -0.05) is 62.4 Å². The number of rotatable bonds is 8. The van der Waals surface area contributed by atoms with Crippen molar-refractivity contribution in [1.29, 1.82) is 0 Å². The molecule has 0 aliphatic carbocycles. The van der Waals surface area contributed by atoms with Crippen molar-refractivity contribution in [3.63, 3.8) is 0 Å². The Morgan fingerprint density at radius 2 is 1.70 bits per heavy atom. The van der Waals surface area contributed by atoms with Crippen LogP contribution in [-0.2, 0) is 16.1 Å². The first-order valence-electron chi connectivity index (χ1n) is 10.8. The van der Waals surface area contributed by atoms with Crippen molar-refractivity contribution >= 4 is 17.8 Å². The zero-order valence-corrected chi connectivity index (χ0v) is 18.6. The highest BCUT2D eigenvalue weighted by atomic mass is 16.3. The van der Waals surface area contributed by atoms with E-state index in [4.69, 9.17) is 4.42 Å². The summed E-state index contributed by atoms with van der Waals surface area (Å²) in [6.45, 7) is 3.73. The quantitative estimate of drug-likeness (QED) is 0.427. The molecule has 2 amide bonds. The van der Waals surface area contributed by atoms with Crippen LogP contribution in [0.1, 0.15) is 19.6 Å². The zero-order valence-electron chi connectivity index (χ0n) is 18.6. The summed E-state index contributed by atoms with van der Waals surface area (Å²) >= 11 is 0. The van der Waals surface area contributed by atoms with Crippen LogP contribution < -0.4 is 5.32 Å². The van der Waals surface area contributed by atoms with Crippen LogP contribution in [0.15, 0.2) is 89.7 Å². The van der Waals surface area contributed by atoms with Crippen LogP contribution in [0.4, 0.5) is 5.95 Å². The lowest BCUT2D eigenvalue weighted by atomic mass is 10.2. The lowest BCUT2D eigenvalue weighted by Crippen LogP contribution is -2.39. The van der Waals surface area contributed by atoms with Gasteiger partial charge in [0.05, 0.1) is 18.5 Å². The molecule has 0 fully saturated rings. The van der Waals surface area contributed by atoms with E-state index < -0.39 is 0 Å². The third-order valence-electron chi connectivity index (χ3n) is 5.13. The molecule has 0 aliphatic rings. The maximum Gasteiger partial charge on any atom is 0.246 e.